The van der Waals surface area contributed by atoms with E-state index in [1.807, 2.05) is 0 Å². The summed E-state index contributed by atoms with van der Waals surface area (Å²) < 4.78 is 0.0883. The molecule has 0 bridgehead atoms. The number of thiazole rings is 1. The van der Waals surface area contributed by atoms with Crippen LogP contribution in [-0.4, -0.2) is 15.8 Å². The van der Waals surface area contributed by atoms with Crippen molar-refractivity contribution in [3.05, 3.63) is 44.5 Å². The topological polar surface area (TPSA) is 111 Å². The Morgan fingerprint density at radius 3 is 2.84 bits per heavy atom. The zero-order valence-electron chi connectivity index (χ0n) is 9.29. The lowest BCUT2D eigenvalue weighted by molar-refractivity contribution is -0.381. The molecular weight excluding hydrogens is 336 g/mol. The van der Waals surface area contributed by atoms with Gasteiger partial charge in [0.05, 0.1) is 4.92 Å². The van der Waals surface area contributed by atoms with E-state index in [4.69, 9.17) is 5.73 Å². The van der Waals surface area contributed by atoms with Crippen LogP contribution in [0.1, 0.15) is 10.4 Å². The smallest absolute Gasteiger partial charge is 0.360 e. The monoisotopic (exact) mass is 342 g/mol. The Kier molecular flexibility index (Phi) is 3.76. The number of nitrogens with zero attached hydrogens (tertiary/aromatic N) is 2. The maximum absolute atomic E-state index is 11.9. The summed E-state index contributed by atoms with van der Waals surface area (Å²) in [5.74, 6) is -0.427. The van der Waals surface area contributed by atoms with Gasteiger partial charge in [0.25, 0.3) is 5.91 Å². The van der Waals surface area contributed by atoms with Crippen molar-refractivity contribution < 1.29 is 9.72 Å². The van der Waals surface area contributed by atoms with E-state index < -0.39 is 10.8 Å². The quantitative estimate of drug-likeness (QED) is 0.506. The second-order valence-corrected chi connectivity index (χ2v) is 5.18. The van der Waals surface area contributed by atoms with Gasteiger partial charge >= 0.3 is 5.00 Å². The lowest BCUT2D eigenvalue weighted by Gasteiger charge is -2.01. The van der Waals surface area contributed by atoms with Crippen molar-refractivity contribution in [3.63, 3.8) is 0 Å². The summed E-state index contributed by atoms with van der Waals surface area (Å²) in [7, 11) is 0. The van der Waals surface area contributed by atoms with Crippen molar-refractivity contribution in [2.45, 2.75) is 0 Å². The third-order valence-corrected chi connectivity index (χ3v) is 3.84. The van der Waals surface area contributed by atoms with Crippen LogP contribution >= 0.6 is 27.3 Å². The zero-order valence-corrected chi connectivity index (χ0v) is 11.7. The normalized spacial score (nSPS) is 10.2. The number of amides is 1. The Morgan fingerprint density at radius 2 is 2.26 bits per heavy atom. The van der Waals surface area contributed by atoms with Crippen LogP contribution in [0.2, 0.25) is 0 Å². The number of aromatic nitrogens is 1. The minimum Gasteiger partial charge on any atom is -0.399 e. The molecule has 7 nitrogen and oxygen atoms in total. The first-order valence-corrected chi connectivity index (χ1v) is 6.56. The van der Waals surface area contributed by atoms with Gasteiger partial charge < -0.3 is 5.73 Å². The number of nitro groups is 1. The lowest BCUT2D eigenvalue weighted by Crippen LogP contribution is -2.11. The summed E-state index contributed by atoms with van der Waals surface area (Å²) in [6.07, 6.45) is 0. The molecule has 1 aromatic heterocycles. The van der Waals surface area contributed by atoms with Gasteiger partial charge in [0, 0.05) is 11.3 Å². The molecule has 0 saturated heterocycles. The predicted octanol–water partition coefficient (Wildman–Crippen LogP) is 2.65. The van der Waals surface area contributed by atoms with Crippen molar-refractivity contribution in [2.75, 3.05) is 11.1 Å². The molecule has 19 heavy (non-hydrogen) atoms. The summed E-state index contributed by atoms with van der Waals surface area (Å²) in [5.41, 5.74) is 6.38. The van der Waals surface area contributed by atoms with Crippen LogP contribution in [0.15, 0.2) is 28.9 Å². The van der Waals surface area contributed by atoms with E-state index in [2.05, 4.69) is 26.2 Å². The van der Waals surface area contributed by atoms with E-state index in [0.717, 1.165) is 11.3 Å². The number of benzene rings is 1. The summed E-state index contributed by atoms with van der Waals surface area (Å²) in [6.45, 7) is 0. The zero-order chi connectivity index (χ0) is 14.0. The van der Waals surface area contributed by atoms with Crippen LogP contribution in [0.25, 0.3) is 0 Å². The van der Waals surface area contributed by atoms with Gasteiger partial charge in [-0.2, -0.15) is 0 Å². The highest BCUT2D eigenvalue weighted by Crippen LogP contribution is 2.34. The Morgan fingerprint density at radius 1 is 1.53 bits per heavy atom. The largest absolute Gasteiger partial charge is 0.399 e. The van der Waals surface area contributed by atoms with Crippen LogP contribution in [-0.2, 0) is 0 Å². The summed E-state index contributed by atoms with van der Waals surface area (Å²) in [4.78, 5) is 25.8. The minimum atomic E-state index is -0.572. The van der Waals surface area contributed by atoms with Crippen molar-refractivity contribution >= 4 is 49.0 Å². The van der Waals surface area contributed by atoms with E-state index in [1.165, 1.54) is 6.07 Å². The molecule has 3 N–H and O–H groups in total. The van der Waals surface area contributed by atoms with Crippen molar-refractivity contribution in [1.29, 1.82) is 0 Å². The average molecular weight is 343 g/mol. The van der Waals surface area contributed by atoms with Gasteiger partial charge in [-0.15, -0.1) is 0 Å². The fourth-order valence-electron chi connectivity index (χ4n) is 1.31. The molecule has 1 amide bonds. The van der Waals surface area contributed by atoms with Crippen molar-refractivity contribution in [2.24, 2.45) is 0 Å². The van der Waals surface area contributed by atoms with E-state index in [9.17, 15) is 14.9 Å². The summed E-state index contributed by atoms with van der Waals surface area (Å²) in [6, 6.07) is 6.39. The third-order valence-electron chi connectivity index (χ3n) is 2.10. The maximum atomic E-state index is 11.9. The molecule has 0 aliphatic carbocycles. The van der Waals surface area contributed by atoms with Crippen LogP contribution in [0, 0.1) is 10.1 Å². The molecule has 2 rings (SSSR count). The molecule has 0 atom stereocenters. The van der Waals surface area contributed by atoms with Gasteiger partial charge in [-0.3, -0.25) is 20.2 Å². The second-order valence-electron chi connectivity index (χ2n) is 3.45. The Bertz CT molecular complexity index is 658. The third kappa shape index (κ3) is 3.06. The highest BCUT2D eigenvalue weighted by Gasteiger charge is 2.20. The van der Waals surface area contributed by atoms with E-state index in [0.29, 0.717) is 11.3 Å². The molecule has 9 heteroatoms. The number of halogens is 1. The highest BCUT2D eigenvalue weighted by molar-refractivity contribution is 9.10. The molecule has 0 aliphatic rings. The highest BCUT2D eigenvalue weighted by atomic mass is 79.9. The molecule has 1 heterocycles. The van der Waals surface area contributed by atoms with Crippen LogP contribution in [0.5, 0.6) is 0 Å². The number of nitrogens with two attached hydrogens (primary N) is 1. The first-order valence-electron chi connectivity index (χ1n) is 4.95. The molecule has 0 radical (unpaired) electrons. The van der Waals surface area contributed by atoms with Gasteiger partial charge in [0.2, 0.25) is 0 Å². The van der Waals surface area contributed by atoms with Crippen LogP contribution in [0.4, 0.5) is 15.8 Å². The van der Waals surface area contributed by atoms with Gasteiger partial charge in [-0.05, 0) is 45.5 Å². The number of carbonyl (C=O) groups is 1. The molecule has 98 valence electrons. The lowest BCUT2D eigenvalue weighted by atomic mass is 10.2. The fraction of sp³-hybridized carbons (Fsp3) is 0. The predicted molar refractivity (Wildman–Crippen MR) is 75.3 cm³/mol. The molecule has 0 unspecified atom stereocenters. The number of hydrogen-bond donors (Lipinski definition) is 2. The van der Waals surface area contributed by atoms with Crippen molar-refractivity contribution in [3.8, 4) is 0 Å². The van der Waals surface area contributed by atoms with E-state index >= 15 is 0 Å². The molecular formula is C10H7BrN4O3S. The first kappa shape index (κ1) is 13.4. The maximum Gasteiger partial charge on any atom is 0.360 e. The first-order chi connectivity index (χ1) is 8.97. The van der Waals surface area contributed by atoms with Gasteiger partial charge in [0.15, 0.2) is 9.73 Å². The Hall–Kier alpha value is -2.00. The van der Waals surface area contributed by atoms with Crippen LogP contribution < -0.4 is 11.1 Å². The SMILES string of the molecule is Nc1cccc(C(=O)Nc2nc(Br)c([N+](=O)[O-])s2)c1. The number of rotatable bonds is 3. The number of anilines is 2. The molecule has 0 spiro atoms. The van der Waals surface area contributed by atoms with Crippen LogP contribution in [0.3, 0.4) is 0 Å². The molecule has 2 aromatic rings. The Balaban J connectivity index is 2.20. The van der Waals surface area contributed by atoms with Gasteiger partial charge in [-0.1, -0.05) is 6.07 Å². The molecule has 0 aliphatic heterocycles. The van der Waals surface area contributed by atoms with E-state index in [1.54, 1.807) is 18.2 Å². The van der Waals surface area contributed by atoms with Crippen molar-refractivity contribution in [1.82, 2.24) is 4.98 Å². The molecule has 0 saturated carbocycles. The second kappa shape index (κ2) is 5.33. The Labute approximate surface area is 119 Å². The molecule has 1 aromatic carbocycles. The standard InChI is InChI=1S/C10H7BrN4O3S/c11-7-9(15(17)18)19-10(13-7)14-8(16)5-2-1-3-6(12)4-5/h1-4H,12H2,(H,13,14,16). The van der Waals surface area contributed by atoms with Gasteiger partial charge in [-0.25, -0.2) is 4.98 Å². The fourth-order valence-corrected chi connectivity index (χ4v) is 2.66. The number of carbonyl (C=O) groups excluding carboxylic acids is 1. The van der Waals surface area contributed by atoms with Gasteiger partial charge in [0.1, 0.15) is 0 Å². The number of nitrogens with one attached hydrogen (secondary N) is 1. The summed E-state index contributed by atoms with van der Waals surface area (Å²) >= 11 is 3.74. The average Bonchev–Trinajstić information content (AvgIpc) is 2.70. The number of nitrogen functional groups attached to an aromatic ring is 1. The molecule has 0 fully saturated rings. The minimum absolute atomic E-state index is 0.0883. The number of hydrogen-bond acceptors (Lipinski definition) is 6. The summed E-state index contributed by atoms with van der Waals surface area (Å²) in [5, 5.41) is 13.1. The van der Waals surface area contributed by atoms with E-state index in [-0.39, 0.29) is 14.7 Å².